The molecular formula is C27H49N11O9S. The minimum Gasteiger partial charge on any atom is -0.481 e. The number of amides is 7. The van der Waals surface area contributed by atoms with Crippen LogP contribution in [0.1, 0.15) is 46.5 Å². The molecule has 0 aromatic rings. The average Bonchev–Trinajstić information content (AvgIpc) is 3.01. The molecule has 48 heavy (non-hydrogen) atoms. The number of nitrogens with one attached hydrogen (secondary N) is 6. The number of carboxylic acids is 1. The molecule has 4 atom stereocenters. The van der Waals surface area contributed by atoms with Crippen LogP contribution < -0.4 is 49.1 Å². The summed E-state index contributed by atoms with van der Waals surface area (Å²) in [4.78, 5) is 104. The van der Waals surface area contributed by atoms with Crippen LogP contribution in [0.4, 0.5) is 0 Å². The Balaban J connectivity index is 0.00000707. The van der Waals surface area contributed by atoms with Crippen molar-refractivity contribution in [3.63, 3.8) is 0 Å². The number of nitrogens with zero attached hydrogens (tertiary/aromatic N) is 2. The van der Waals surface area contributed by atoms with Gasteiger partial charge in [0.05, 0.1) is 25.4 Å². The van der Waals surface area contributed by atoms with E-state index in [2.05, 4.69) is 50.7 Å². The number of likely N-dealkylation sites (N-methyl/N-ethyl adjacent to an activating group) is 1. The molecule has 7 amide bonds. The summed E-state index contributed by atoms with van der Waals surface area (Å²) in [6, 6.07) is -5.39. The van der Waals surface area contributed by atoms with Gasteiger partial charge in [0.2, 0.25) is 41.4 Å². The van der Waals surface area contributed by atoms with Gasteiger partial charge in [0.15, 0.2) is 5.96 Å². The topological polar surface area (TPSA) is 323 Å². The third-order valence-electron chi connectivity index (χ3n) is 6.13. The molecule has 4 unspecified atom stereocenters. The fourth-order valence-corrected chi connectivity index (χ4v) is 4.60. The summed E-state index contributed by atoms with van der Waals surface area (Å²) in [5.74, 6) is -6.87. The minimum absolute atomic E-state index is 0.0425. The van der Waals surface area contributed by atoms with Crippen LogP contribution in [-0.2, 0) is 38.4 Å². The van der Waals surface area contributed by atoms with E-state index in [-0.39, 0.29) is 42.9 Å². The summed E-state index contributed by atoms with van der Waals surface area (Å²) in [5, 5.41) is 23.4. The van der Waals surface area contributed by atoms with Crippen molar-refractivity contribution in [2.45, 2.75) is 70.6 Å². The van der Waals surface area contributed by atoms with Gasteiger partial charge in [-0.15, -0.1) is 11.8 Å². The number of guanidine groups is 1. The lowest BCUT2D eigenvalue weighted by Gasteiger charge is -2.28. The second-order valence-corrected chi connectivity index (χ2v) is 11.5. The molecule has 0 bridgehead atoms. The number of rotatable bonds is 10. The zero-order valence-corrected chi connectivity index (χ0v) is 28.4. The molecule has 0 saturated carbocycles. The number of carbonyl (C=O) groups excluding carboxylic acids is 7. The Kier molecular flexibility index (Phi) is 21.3. The van der Waals surface area contributed by atoms with Crippen LogP contribution in [0.15, 0.2) is 4.99 Å². The molecule has 0 spiro atoms. The highest BCUT2D eigenvalue weighted by molar-refractivity contribution is 7.99. The number of thioether (sulfide) groups is 1. The minimum atomic E-state index is -1.59. The van der Waals surface area contributed by atoms with E-state index in [0.717, 1.165) is 16.7 Å². The molecule has 0 aromatic carbocycles. The van der Waals surface area contributed by atoms with Crippen molar-refractivity contribution in [3.05, 3.63) is 0 Å². The van der Waals surface area contributed by atoms with Gasteiger partial charge in [0.25, 0.3) is 0 Å². The first kappa shape index (κ1) is 43.3. The van der Waals surface area contributed by atoms with Gasteiger partial charge < -0.3 is 59.1 Å². The maximum absolute atomic E-state index is 13.1. The monoisotopic (exact) mass is 703 g/mol. The van der Waals surface area contributed by atoms with Crippen molar-refractivity contribution in [3.8, 4) is 0 Å². The van der Waals surface area contributed by atoms with E-state index in [0.29, 0.717) is 0 Å². The van der Waals surface area contributed by atoms with E-state index in [1.54, 1.807) is 0 Å². The second-order valence-electron chi connectivity index (χ2n) is 10.5. The van der Waals surface area contributed by atoms with E-state index in [1.807, 2.05) is 0 Å². The molecule has 1 fully saturated rings. The molecule has 20 nitrogen and oxygen atoms in total. The first-order chi connectivity index (χ1) is 22.5. The molecule has 1 aliphatic rings. The van der Waals surface area contributed by atoms with E-state index in [9.17, 15) is 43.5 Å². The highest BCUT2D eigenvalue weighted by Crippen LogP contribution is 2.08. The molecule has 1 heterocycles. The lowest BCUT2D eigenvalue weighted by atomic mass is 10.1. The van der Waals surface area contributed by atoms with Crippen LogP contribution in [0.5, 0.6) is 0 Å². The molecule has 21 heteroatoms. The van der Waals surface area contributed by atoms with Gasteiger partial charge in [-0.1, -0.05) is 20.3 Å². The standard InChI is InChI=1S/C24H41N11O9S.C3H8/c1-12(36)32-11-45-10-15-22(43)31-9-18(38)35(2)16(4-3-5-28-24(26)27)23(44)30-8-17(37)33-14(6-19(39)40)21(42)29-7-13(25)20(41)34-15;1-3-2/h13-16H,3-11,25H2,1-2H3,(H,29,42)(H,30,44)(H,31,43)(H,32,36)(H,33,37)(H,34,41)(H,39,40)(H4,26,27,28);3H2,1-2H3. The van der Waals surface area contributed by atoms with Gasteiger partial charge in [-0.3, -0.25) is 43.3 Å². The van der Waals surface area contributed by atoms with Gasteiger partial charge in [-0.05, 0) is 12.8 Å². The van der Waals surface area contributed by atoms with Crippen LogP contribution in [0.3, 0.4) is 0 Å². The molecular weight excluding hydrogens is 654 g/mol. The predicted molar refractivity (Wildman–Crippen MR) is 177 cm³/mol. The van der Waals surface area contributed by atoms with Gasteiger partial charge in [0, 0.05) is 32.8 Å². The van der Waals surface area contributed by atoms with Gasteiger partial charge >= 0.3 is 5.97 Å². The fraction of sp³-hybridized carbons (Fsp3) is 0.667. The molecule has 13 N–H and O–H groups in total. The maximum atomic E-state index is 13.1. The zero-order chi connectivity index (χ0) is 36.8. The third-order valence-corrected chi connectivity index (χ3v) is 7.05. The van der Waals surface area contributed by atoms with Crippen molar-refractivity contribution >= 4 is 65.0 Å². The first-order valence-electron chi connectivity index (χ1n) is 15.1. The number of carboxylic acid groups (broad SMARTS) is 1. The summed E-state index contributed by atoms with van der Waals surface area (Å²) in [6.07, 6.45) is 0.707. The Labute approximate surface area is 282 Å². The number of nitrogens with two attached hydrogens (primary N) is 3. The van der Waals surface area contributed by atoms with Crippen molar-refractivity contribution in [1.82, 2.24) is 36.8 Å². The van der Waals surface area contributed by atoms with Gasteiger partial charge in [-0.25, -0.2) is 0 Å². The summed E-state index contributed by atoms with van der Waals surface area (Å²) in [7, 11) is 1.30. The molecule has 0 radical (unpaired) electrons. The molecule has 0 aromatic heterocycles. The van der Waals surface area contributed by atoms with Gasteiger partial charge in [0.1, 0.15) is 24.2 Å². The van der Waals surface area contributed by atoms with E-state index in [4.69, 9.17) is 17.2 Å². The summed E-state index contributed by atoms with van der Waals surface area (Å²) in [5.41, 5.74) is 16.5. The predicted octanol–water partition coefficient (Wildman–Crippen LogP) is -4.76. The van der Waals surface area contributed by atoms with Crippen LogP contribution in [0.2, 0.25) is 0 Å². The van der Waals surface area contributed by atoms with Crippen molar-refractivity contribution in [2.75, 3.05) is 44.9 Å². The maximum Gasteiger partial charge on any atom is 0.305 e. The van der Waals surface area contributed by atoms with Crippen LogP contribution in [0.25, 0.3) is 0 Å². The van der Waals surface area contributed by atoms with Crippen LogP contribution in [-0.4, -0.2) is 132 Å². The molecule has 272 valence electrons. The Morgan fingerprint density at radius 1 is 0.958 bits per heavy atom. The molecule has 1 saturated heterocycles. The average molecular weight is 704 g/mol. The smallest absolute Gasteiger partial charge is 0.305 e. The summed E-state index contributed by atoms with van der Waals surface area (Å²) < 4.78 is 0. The highest BCUT2D eigenvalue weighted by Gasteiger charge is 2.30. The van der Waals surface area contributed by atoms with E-state index < -0.39 is 91.6 Å². The summed E-state index contributed by atoms with van der Waals surface area (Å²) in [6.45, 7) is 3.92. The van der Waals surface area contributed by atoms with E-state index in [1.165, 1.54) is 20.4 Å². The SMILES string of the molecule is CC(=O)NCSCC1NC(=O)C(N)CNC(=O)C(CC(=O)O)NC(=O)CNC(=O)C(CCCN=C(N)N)N(C)C(=O)CNC1=O.CCC. The summed E-state index contributed by atoms with van der Waals surface area (Å²) >= 11 is 1.08. The number of carbonyl (C=O) groups is 8. The number of hydrogen-bond donors (Lipinski definition) is 10. The molecule has 1 rings (SSSR count). The second kappa shape index (κ2) is 23.6. The van der Waals surface area contributed by atoms with Gasteiger partial charge in [-0.2, -0.15) is 0 Å². The largest absolute Gasteiger partial charge is 0.481 e. The Morgan fingerprint density at radius 3 is 2.15 bits per heavy atom. The number of aliphatic imine (C=N–C) groups is 1. The van der Waals surface area contributed by atoms with Crippen LogP contribution >= 0.6 is 11.8 Å². The Bertz CT molecular complexity index is 1170. The fourth-order valence-electron chi connectivity index (χ4n) is 3.71. The molecule has 0 aliphatic carbocycles. The van der Waals surface area contributed by atoms with Crippen molar-refractivity contribution in [1.29, 1.82) is 0 Å². The highest BCUT2D eigenvalue weighted by atomic mass is 32.2. The Morgan fingerprint density at radius 2 is 1.56 bits per heavy atom. The zero-order valence-electron chi connectivity index (χ0n) is 27.6. The van der Waals surface area contributed by atoms with Crippen LogP contribution in [0, 0.1) is 0 Å². The number of hydrogen-bond acceptors (Lipinski definition) is 11. The lowest BCUT2D eigenvalue weighted by molar-refractivity contribution is -0.141. The lowest BCUT2D eigenvalue weighted by Crippen LogP contribution is -2.57. The normalized spacial score (nSPS) is 21.6. The Hall–Kier alpha value is -4.66. The molecule has 1 aliphatic heterocycles. The quantitative estimate of drug-likeness (QED) is 0.0443. The van der Waals surface area contributed by atoms with Crippen molar-refractivity contribution in [2.24, 2.45) is 22.2 Å². The van der Waals surface area contributed by atoms with E-state index >= 15 is 0 Å². The number of aliphatic carboxylic acids is 1. The first-order valence-corrected chi connectivity index (χ1v) is 16.2. The van der Waals surface area contributed by atoms with Crippen molar-refractivity contribution < 1.29 is 43.5 Å². The third kappa shape index (κ3) is 18.5.